The molecule has 0 saturated heterocycles. The molecule has 0 N–H and O–H groups in total. The van der Waals surface area contributed by atoms with Crippen LogP contribution in [0, 0.1) is 23.7 Å². The first-order valence-electron chi connectivity index (χ1n) is 6.35. The maximum absolute atomic E-state index is 5.67. The van der Waals surface area contributed by atoms with E-state index in [4.69, 9.17) is 8.85 Å². The van der Waals surface area contributed by atoms with E-state index in [1.807, 2.05) is 52.9 Å². The van der Waals surface area contributed by atoms with Gasteiger partial charge in [0.15, 0.2) is 0 Å². The number of allylic oxidation sites excluding steroid dienone is 4. The van der Waals surface area contributed by atoms with Gasteiger partial charge in [0.25, 0.3) is 0 Å². The summed E-state index contributed by atoms with van der Waals surface area (Å²) in [6, 6.07) is 0. The van der Waals surface area contributed by atoms with Crippen LogP contribution in [0.5, 0.6) is 0 Å². The molecule has 3 heteroatoms. The van der Waals surface area contributed by atoms with Gasteiger partial charge in [-0.15, -0.1) is 0 Å². The second kappa shape index (κ2) is 9.64. The van der Waals surface area contributed by atoms with Gasteiger partial charge in [-0.25, -0.2) is 0 Å². The zero-order chi connectivity index (χ0) is 14.7. The van der Waals surface area contributed by atoms with Crippen LogP contribution in [0.4, 0.5) is 0 Å². The molecule has 0 aliphatic rings. The normalized spacial score (nSPS) is 9.58. The van der Waals surface area contributed by atoms with Crippen LogP contribution in [-0.4, -0.2) is 21.8 Å². The fourth-order valence-electron chi connectivity index (χ4n) is 0.936. The first kappa shape index (κ1) is 17.7. The minimum absolute atomic E-state index is 0.407. The van der Waals surface area contributed by atoms with E-state index >= 15 is 0 Å². The Labute approximate surface area is 119 Å². The van der Waals surface area contributed by atoms with Crippen molar-refractivity contribution in [2.45, 2.75) is 40.8 Å². The van der Waals surface area contributed by atoms with Crippen LogP contribution in [-0.2, 0) is 8.85 Å². The topological polar surface area (TPSA) is 18.5 Å². The molecule has 0 aromatic carbocycles. The Hall–Kier alpha value is -1.26. The molecule has 0 atom stereocenters. The lowest BCUT2D eigenvalue weighted by molar-refractivity contribution is 0.219. The van der Waals surface area contributed by atoms with Gasteiger partial charge in [-0.3, -0.25) is 0 Å². The monoisotopic (exact) mass is 276 g/mol. The summed E-state index contributed by atoms with van der Waals surface area (Å²) in [5, 5.41) is 0. The predicted molar refractivity (Wildman–Crippen MR) is 83.8 cm³/mol. The maximum atomic E-state index is 5.67. The van der Waals surface area contributed by atoms with Crippen molar-refractivity contribution in [1.82, 2.24) is 0 Å². The van der Waals surface area contributed by atoms with Gasteiger partial charge in [0.2, 0.25) is 0 Å². The number of hydrogen-bond acceptors (Lipinski definition) is 2. The molecule has 0 radical (unpaired) electrons. The van der Waals surface area contributed by atoms with Crippen molar-refractivity contribution in [2.24, 2.45) is 0 Å². The molecule has 19 heavy (non-hydrogen) atoms. The Balaban J connectivity index is 4.03. The zero-order valence-electron chi connectivity index (χ0n) is 12.9. The van der Waals surface area contributed by atoms with Crippen LogP contribution in [0.25, 0.3) is 0 Å². The van der Waals surface area contributed by atoms with Crippen LogP contribution >= 0.6 is 0 Å². The first-order valence-corrected chi connectivity index (χ1v) is 9.16. The lowest BCUT2D eigenvalue weighted by Gasteiger charge is -2.19. The lowest BCUT2D eigenvalue weighted by atomic mass is 10.3. The molecule has 0 rings (SSSR count). The molecule has 0 amide bonds. The third-order valence-corrected chi connectivity index (χ3v) is 3.59. The second-order valence-corrected chi connectivity index (χ2v) is 8.44. The molecular formula is C16H24O2Si. The molecule has 0 fully saturated rings. The summed E-state index contributed by atoms with van der Waals surface area (Å²) in [7, 11) is -2.10. The van der Waals surface area contributed by atoms with Crippen molar-refractivity contribution < 1.29 is 8.85 Å². The van der Waals surface area contributed by atoms with Crippen LogP contribution in [0.3, 0.4) is 0 Å². The van der Waals surface area contributed by atoms with E-state index < -0.39 is 8.56 Å². The molecule has 0 bridgehead atoms. The highest BCUT2D eigenvalue weighted by atomic mass is 28.4. The summed E-state index contributed by atoms with van der Waals surface area (Å²) in [5.74, 6) is 11.8. The minimum Gasteiger partial charge on any atom is -0.383 e. The Kier molecular flexibility index (Phi) is 9.00. The highest BCUT2D eigenvalue weighted by Gasteiger charge is 2.23. The van der Waals surface area contributed by atoms with Gasteiger partial charge in [-0.2, -0.15) is 0 Å². The molecule has 0 saturated carbocycles. The summed E-state index contributed by atoms with van der Waals surface area (Å²) < 4.78 is 11.3. The average molecular weight is 276 g/mol. The smallest absolute Gasteiger partial charge is 0.333 e. The van der Waals surface area contributed by atoms with E-state index in [2.05, 4.69) is 23.7 Å². The van der Waals surface area contributed by atoms with Gasteiger partial charge in [-0.1, -0.05) is 34.8 Å². The van der Waals surface area contributed by atoms with Crippen LogP contribution in [0.1, 0.15) is 27.7 Å². The second-order valence-electron chi connectivity index (χ2n) is 5.06. The quantitative estimate of drug-likeness (QED) is 0.576. The molecular weight excluding hydrogens is 252 g/mol. The van der Waals surface area contributed by atoms with Gasteiger partial charge >= 0.3 is 8.56 Å². The molecule has 104 valence electrons. The van der Waals surface area contributed by atoms with Crippen molar-refractivity contribution in [3.05, 3.63) is 23.3 Å². The van der Waals surface area contributed by atoms with E-state index in [1.54, 1.807) is 0 Å². The number of rotatable bonds is 4. The molecule has 0 heterocycles. The SMILES string of the molecule is CC(C)=CC#CCO[Si](C)(C)OCC#CC=C(C)C. The van der Waals surface area contributed by atoms with E-state index in [0.717, 1.165) is 0 Å². The summed E-state index contributed by atoms with van der Waals surface area (Å²) >= 11 is 0. The predicted octanol–water partition coefficient (Wildman–Crippen LogP) is 3.66. The van der Waals surface area contributed by atoms with Crippen molar-refractivity contribution in [1.29, 1.82) is 0 Å². The van der Waals surface area contributed by atoms with Crippen molar-refractivity contribution in [2.75, 3.05) is 13.2 Å². The third-order valence-electron chi connectivity index (χ3n) is 1.91. The molecule has 0 aliphatic carbocycles. The summed E-state index contributed by atoms with van der Waals surface area (Å²) in [4.78, 5) is 0. The first-order chi connectivity index (χ1) is 8.83. The Morgan fingerprint density at radius 2 is 1.21 bits per heavy atom. The van der Waals surface area contributed by atoms with Gasteiger partial charge in [0.1, 0.15) is 0 Å². The van der Waals surface area contributed by atoms with Crippen molar-refractivity contribution in [3.63, 3.8) is 0 Å². The summed E-state index contributed by atoms with van der Waals surface area (Å²) in [5.41, 5.74) is 2.38. The Morgan fingerprint density at radius 1 is 0.842 bits per heavy atom. The van der Waals surface area contributed by atoms with Crippen molar-refractivity contribution in [3.8, 4) is 23.7 Å². The fourth-order valence-corrected chi connectivity index (χ4v) is 1.86. The van der Waals surface area contributed by atoms with E-state index in [1.165, 1.54) is 11.1 Å². The highest BCUT2D eigenvalue weighted by Crippen LogP contribution is 2.05. The van der Waals surface area contributed by atoms with Crippen LogP contribution in [0.2, 0.25) is 13.1 Å². The third kappa shape index (κ3) is 13.0. The highest BCUT2D eigenvalue weighted by molar-refractivity contribution is 6.64. The van der Waals surface area contributed by atoms with Gasteiger partial charge in [0, 0.05) is 0 Å². The molecule has 2 nitrogen and oxygen atoms in total. The van der Waals surface area contributed by atoms with Gasteiger partial charge in [-0.05, 0) is 52.9 Å². The van der Waals surface area contributed by atoms with Gasteiger partial charge in [0.05, 0.1) is 13.2 Å². The fraction of sp³-hybridized carbons (Fsp3) is 0.500. The summed E-state index contributed by atoms with van der Waals surface area (Å²) in [6.45, 7) is 12.9. The van der Waals surface area contributed by atoms with Gasteiger partial charge < -0.3 is 8.85 Å². The standard InChI is InChI=1S/C16H24O2Si/c1-15(2)11-7-9-13-17-19(5,6)18-14-10-8-12-16(3)4/h11-12H,13-14H2,1-6H3. The average Bonchev–Trinajstić information content (AvgIpc) is 2.27. The number of hydrogen-bond donors (Lipinski definition) is 0. The van der Waals surface area contributed by atoms with Crippen molar-refractivity contribution >= 4 is 8.56 Å². The largest absolute Gasteiger partial charge is 0.383 e. The lowest BCUT2D eigenvalue weighted by Crippen LogP contribution is -2.35. The molecule has 0 aliphatic heterocycles. The van der Waals surface area contributed by atoms with Crippen LogP contribution < -0.4 is 0 Å². The molecule has 0 aromatic heterocycles. The molecule has 0 aromatic rings. The van der Waals surface area contributed by atoms with E-state index in [9.17, 15) is 0 Å². The zero-order valence-corrected chi connectivity index (χ0v) is 13.9. The Bertz CT molecular complexity index is 401. The summed E-state index contributed by atoms with van der Waals surface area (Å²) in [6.07, 6.45) is 3.76. The minimum atomic E-state index is -2.10. The maximum Gasteiger partial charge on any atom is 0.333 e. The Morgan fingerprint density at radius 3 is 1.53 bits per heavy atom. The van der Waals surface area contributed by atoms with Crippen LogP contribution in [0.15, 0.2) is 23.3 Å². The molecule has 0 unspecified atom stereocenters. The van der Waals surface area contributed by atoms with E-state index in [0.29, 0.717) is 13.2 Å². The molecule has 0 spiro atoms. The van der Waals surface area contributed by atoms with E-state index in [-0.39, 0.29) is 0 Å².